The number of oxime groups is 1. The molecule has 1 unspecified atom stereocenters. The van der Waals surface area contributed by atoms with Crippen molar-refractivity contribution in [1.29, 1.82) is 0 Å². The number of amidine groups is 1. The number of nitrogens with zero attached hydrogens (tertiary/aromatic N) is 1. The number of hydrogen-bond donors (Lipinski definition) is 3. The highest BCUT2D eigenvalue weighted by Crippen LogP contribution is 2.04. The van der Waals surface area contributed by atoms with E-state index in [1.54, 1.807) is 0 Å². The van der Waals surface area contributed by atoms with E-state index in [-0.39, 0.29) is 17.7 Å². The fourth-order valence-electron chi connectivity index (χ4n) is 1.25. The van der Waals surface area contributed by atoms with Crippen LogP contribution in [0.15, 0.2) is 5.16 Å². The molecule has 0 aliphatic rings. The molecule has 0 rings (SSSR count). The van der Waals surface area contributed by atoms with Crippen LogP contribution < -0.4 is 11.1 Å². The largest absolute Gasteiger partial charge is 0.409 e. The van der Waals surface area contributed by atoms with Crippen molar-refractivity contribution < 1.29 is 10.0 Å². The van der Waals surface area contributed by atoms with E-state index in [9.17, 15) is 4.79 Å². The molecule has 15 heavy (non-hydrogen) atoms. The molecule has 1 atom stereocenters. The summed E-state index contributed by atoms with van der Waals surface area (Å²) >= 11 is 0. The summed E-state index contributed by atoms with van der Waals surface area (Å²) in [5.74, 6) is 0.361. The van der Waals surface area contributed by atoms with Gasteiger partial charge in [-0.15, -0.1) is 0 Å². The van der Waals surface area contributed by atoms with Crippen molar-refractivity contribution in [2.45, 2.75) is 40.2 Å². The van der Waals surface area contributed by atoms with Crippen LogP contribution in [0.25, 0.3) is 0 Å². The number of carbonyl (C=O) groups is 1. The smallest absolute Gasteiger partial charge is 0.220 e. The lowest BCUT2D eigenvalue weighted by Gasteiger charge is -2.21. The summed E-state index contributed by atoms with van der Waals surface area (Å²) in [7, 11) is 0. The molecule has 88 valence electrons. The molecule has 0 saturated carbocycles. The molecule has 0 aromatic rings. The van der Waals surface area contributed by atoms with Gasteiger partial charge in [-0.05, 0) is 11.8 Å². The average molecular weight is 215 g/mol. The highest BCUT2D eigenvalue weighted by atomic mass is 16.4. The Labute approximate surface area is 90.7 Å². The molecule has 0 fully saturated rings. The van der Waals surface area contributed by atoms with Gasteiger partial charge >= 0.3 is 0 Å². The maximum absolute atomic E-state index is 11.5. The van der Waals surface area contributed by atoms with Crippen molar-refractivity contribution in [2.75, 3.05) is 0 Å². The van der Waals surface area contributed by atoms with E-state index >= 15 is 0 Å². The Hall–Kier alpha value is -1.26. The standard InChI is InChI=1S/C10H21N3O2/c1-6(2)5-8(14)12-9(7(3)4)10(11)13-15/h6-7,9,15H,5H2,1-4H3,(H2,11,13)(H,12,14). The summed E-state index contributed by atoms with van der Waals surface area (Å²) in [6.45, 7) is 7.73. The molecule has 0 radical (unpaired) electrons. The number of hydrogen-bond acceptors (Lipinski definition) is 3. The number of nitrogens with one attached hydrogen (secondary N) is 1. The summed E-state index contributed by atoms with van der Waals surface area (Å²) in [5, 5.41) is 14.2. The topological polar surface area (TPSA) is 87.7 Å². The SMILES string of the molecule is CC(C)CC(=O)NC(C(N)=NO)C(C)C. The van der Waals surface area contributed by atoms with Crippen LogP contribution in [0.1, 0.15) is 34.1 Å². The molecule has 0 aliphatic carbocycles. The van der Waals surface area contributed by atoms with E-state index in [0.29, 0.717) is 12.3 Å². The summed E-state index contributed by atoms with van der Waals surface area (Å²) in [4.78, 5) is 11.5. The fraction of sp³-hybridized carbons (Fsp3) is 0.800. The zero-order chi connectivity index (χ0) is 12.0. The summed E-state index contributed by atoms with van der Waals surface area (Å²) in [6, 6.07) is -0.402. The predicted molar refractivity (Wildman–Crippen MR) is 59.6 cm³/mol. The maximum Gasteiger partial charge on any atom is 0.220 e. The second-order valence-electron chi connectivity index (χ2n) is 4.41. The Bertz CT molecular complexity index is 237. The number of nitrogens with two attached hydrogens (primary N) is 1. The molecule has 0 spiro atoms. The van der Waals surface area contributed by atoms with Crippen molar-refractivity contribution in [2.24, 2.45) is 22.7 Å². The molecule has 5 nitrogen and oxygen atoms in total. The van der Waals surface area contributed by atoms with Gasteiger partial charge in [0.05, 0.1) is 6.04 Å². The Kier molecular flexibility index (Phi) is 5.74. The molecule has 0 heterocycles. The Morgan fingerprint density at radius 3 is 2.27 bits per heavy atom. The zero-order valence-corrected chi connectivity index (χ0v) is 9.82. The molecule has 0 aromatic heterocycles. The van der Waals surface area contributed by atoms with E-state index in [1.165, 1.54) is 0 Å². The second-order valence-corrected chi connectivity index (χ2v) is 4.41. The van der Waals surface area contributed by atoms with E-state index in [4.69, 9.17) is 10.9 Å². The van der Waals surface area contributed by atoms with Crippen molar-refractivity contribution in [3.05, 3.63) is 0 Å². The highest BCUT2D eigenvalue weighted by Gasteiger charge is 2.20. The third-order valence-corrected chi connectivity index (χ3v) is 2.01. The lowest BCUT2D eigenvalue weighted by Crippen LogP contribution is -2.48. The maximum atomic E-state index is 11.5. The van der Waals surface area contributed by atoms with Crippen LogP contribution in [-0.4, -0.2) is 23.0 Å². The predicted octanol–water partition coefficient (Wildman–Crippen LogP) is 0.920. The minimum absolute atomic E-state index is 0.0436. The monoisotopic (exact) mass is 215 g/mol. The first-order valence-corrected chi connectivity index (χ1v) is 5.15. The molecule has 0 aliphatic heterocycles. The number of amides is 1. The first-order chi connectivity index (χ1) is 6.88. The van der Waals surface area contributed by atoms with Crippen LogP contribution in [0, 0.1) is 11.8 Å². The van der Waals surface area contributed by atoms with Gasteiger partial charge in [-0.2, -0.15) is 0 Å². The lowest BCUT2D eigenvalue weighted by molar-refractivity contribution is -0.122. The number of carbonyl (C=O) groups excluding carboxylic acids is 1. The average Bonchev–Trinajstić information content (AvgIpc) is 2.11. The Morgan fingerprint density at radius 2 is 1.93 bits per heavy atom. The molecule has 0 bridgehead atoms. The number of rotatable bonds is 5. The van der Waals surface area contributed by atoms with Crippen LogP contribution in [-0.2, 0) is 4.79 Å². The molecular formula is C10H21N3O2. The van der Waals surface area contributed by atoms with Gasteiger partial charge in [0.15, 0.2) is 5.84 Å². The first kappa shape index (κ1) is 13.7. The third-order valence-electron chi connectivity index (χ3n) is 2.01. The molecular weight excluding hydrogens is 194 g/mol. The summed E-state index contributed by atoms with van der Waals surface area (Å²) < 4.78 is 0. The van der Waals surface area contributed by atoms with Gasteiger partial charge in [0, 0.05) is 6.42 Å². The van der Waals surface area contributed by atoms with Crippen molar-refractivity contribution in [1.82, 2.24) is 5.32 Å². The molecule has 5 heteroatoms. The van der Waals surface area contributed by atoms with Crippen molar-refractivity contribution in [3.8, 4) is 0 Å². The molecule has 0 aromatic carbocycles. The highest BCUT2D eigenvalue weighted by molar-refractivity contribution is 5.90. The summed E-state index contributed by atoms with van der Waals surface area (Å²) in [6.07, 6.45) is 0.446. The Balaban J connectivity index is 4.36. The quantitative estimate of drug-likeness (QED) is 0.276. The molecule has 1 amide bonds. The van der Waals surface area contributed by atoms with Crippen molar-refractivity contribution >= 4 is 11.7 Å². The van der Waals surface area contributed by atoms with E-state index in [1.807, 2.05) is 27.7 Å². The van der Waals surface area contributed by atoms with Gasteiger partial charge in [-0.1, -0.05) is 32.9 Å². The van der Waals surface area contributed by atoms with Crippen LogP contribution in [0.3, 0.4) is 0 Å². The summed E-state index contributed by atoms with van der Waals surface area (Å²) in [5.41, 5.74) is 5.48. The van der Waals surface area contributed by atoms with Gasteiger partial charge in [0.2, 0.25) is 5.91 Å². The van der Waals surface area contributed by atoms with Crippen molar-refractivity contribution in [3.63, 3.8) is 0 Å². The van der Waals surface area contributed by atoms with Gasteiger partial charge < -0.3 is 16.3 Å². The van der Waals surface area contributed by atoms with Gasteiger partial charge in [0.25, 0.3) is 0 Å². The van der Waals surface area contributed by atoms with Gasteiger partial charge in [-0.3, -0.25) is 4.79 Å². The normalized spacial score (nSPS) is 14.4. The van der Waals surface area contributed by atoms with Crippen LogP contribution in [0.4, 0.5) is 0 Å². The van der Waals surface area contributed by atoms with Gasteiger partial charge in [-0.25, -0.2) is 0 Å². The van der Waals surface area contributed by atoms with E-state index in [0.717, 1.165) is 0 Å². The molecule has 0 saturated heterocycles. The minimum Gasteiger partial charge on any atom is -0.409 e. The van der Waals surface area contributed by atoms with E-state index in [2.05, 4.69) is 10.5 Å². The second kappa shape index (κ2) is 6.27. The van der Waals surface area contributed by atoms with E-state index < -0.39 is 6.04 Å². The zero-order valence-electron chi connectivity index (χ0n) is 9.82. The fourth-order valence-corrected chi connectivity index (χ4v) is 1.25. The lowest BCUT2D eigenvalue weighted by atomic mass is 10.0. The minimum atomic E-state index is -0.402. The Morgan fingerprint density at radius 1 is 1.40 bits per heavy atom. The third kappa shape index (κ3) is 5.24. The van der Waals surface area contributed by atoms with Crippen LogP contribution in [0.5, 0.6) is 0 Å². The van der Waals surface area contributed by atoms with Crippen LogP contribution >= 0.6 is 0 Å². The molecule has 4 N–H and O–H groups in total. The van der Waals surface area contributed by atoms with Gasteiger partial charge in [0.1, 0.15) is 0 Å². The van der Waals surface area contributed by atoms with Crippen LogP contribution in [0.2, 0.25) is 0 Å². The first-order valence-electron chi connectivity index (χ1n) is 5.15.